The molecule has 0 nitrogen and oxygen atoms in total. The second-order valence-electron chi connectivity index (χ2n) is 11.1. The predicted octanol–water partition coefficient (Wildman–Crippen LogP) is 11.9. The molecule has 0 aliphatic heterocycles. The zero-order valence-corrected chi connectivity index (χ0v) is 23.2. The van der Waals surface area contributed by atoms with Crippen LogP contribution in [0.1, 0.15) is 183 Å². The molecule has 0 aromatic heterocycles. The summed E-state index contributed by atoms with van der Waals surface area (Å²) in [6.07, 6.45) is 31.9. The van der Waals surface area contributed by atoms with Gasteiger partial charge in [-0.1, -0.05) is 157 Å². The highest BCUT2D eigenvalue weighted by Crippen LogP contribution is 2.46. The molecular formula is C31H64. The third kappa shape index (κ3) is 16.3. The lowest BCUT2D eigenvalue weighted by Crippen LogP contribution is -2.28. The van der Waals surface area contributed by atoms with Crippen molar-refractivity contribution in [3.05, 3.63) is 0 Å². The molecule has 0 rings (SSSR count). The minimum atomic E-state index is 0.640. The largest absolute Gasteiger partial charge is 0.0654 e. The van der Waals surface area contributed by atoms with E-state index in [1.165, 1.54) is 141 Å². The normalized spacial score (nSPS) is 15.7. The second-order valence-corrected chi connectivity index (χ2v) is 11.1. The fourth-order valence-electron chi connectivity index (χ4n) is 5.94. The van der Waals surface area contributed by atoms with E-state index in [1.54, 1.807) is 0 Å². The lowest BCUT2D eigenvalue weighted by molar-refractivity contribution is 0.113. The summed E-state index contributed by atoms with van der Waals surface area (Å²) < 4.78 is 0. The van der Waals surface area contributed by atoms with Gasteiger partial charge in [0.1, 0.15) is 0 Å². The Morgan fingerprint density at radius 1 is 0.419 bits per heavy atom. The monoisotopic (exact) mass is 437 g/mol. The van der Waals surface area contributed by atoms with E-state index in [-0.39, 0.29) is 0 Å². The lowest BCUT2D eigenvalue weighted by Gasteiger charge is -2.40. The molecule has 2 unspecified atom stereocenters. The quantitative estimate of drug-likeness (QED) is 0.132. The average molecular weight is 437 g/mol. The second kappa shape index (κ2) is 21.8. The molecule has 0 aliphatic carbocycles. The van der Waals surface area contributed by atoms with Gasteiger partial charge in [-0.2, -0.15) is 0 Å². The van der Waals surface area contributed by atoms with Crippen molar-refractivity contribution >= 4 is 0 Å². The van der Waals surface area contributed by atoms with Gasteiger partial charge in [-0.05, 0) is 42.9 Å². The smallest absolute Gasteiger partial charge is 0.0292 e. The van der Waals surface area contributed by atoms with Gasteiger partial charge in [0.25, 0.3) is 0 Å². The molecule has 0 radical (unpaired) electrons. The summed E-state index contributed by atoms with van der Waals surface area (Å²) in [6.45, 7) is 14.4. The van der Waals surface area contributed by atoms with E-state index >= 15 is 0 Å². The van der Waals surface area contributed by atoms with Gasteiger partial charge in [0.2, 0.25) is 0 Å². The van der Waals surface area contributed by atoms with Crippen LogP contribution in [-0.4, -0.2) is 0 Å². The van der Waals surface area contributed by atoms with Crippen molar-refractivity contribution in [1.82, 2.24) is 0 Å². The Labute approximate surface area is 200 Å². The van der Waals surface area contributed by atoms with Crippen LogP contribution in [0, 0.1) is 17.3 Å². The van der Waals surface area contributed by atoms with Crippen LogP contribution in [0.3, 0.4) is 0 Å². The van der Waals surface area contributed by atoms with Crippen LogP contribution in [0.15, 0.2) is 0 Å². The molecule has 0 aromatic carbocycles. The van der Waals surface area contributed by atoms with Gasteiger partial charge in [-0.15, -0.1) is 0 Å². The summed E-state index contributed by atoms with van der Waals surface area (Å²) in [5.74, 6) is 1.93. The van der Waals surface area contributed by atoms with Crippen LogP contribution in [0.25, 0.3) is 0 Å². The van der Waals surface area contributed by atoms with E-state index in [0.29, 0.717) is 5.41 Å². The third-order valence-corrected chi connectivity index (χ3v) is 8.15. The van der Waals surface area contributed by atoms with Crippen LogP contribution in [0.4, 0.5) is 0 Å². The van der Waals surface area contributed by atoms with E-state index in [1.807, 2.05) is 0 Å². The van der Waals surface area contributed by atoms with Gasteiger partial charge in [0, 0.05) is 0 Å². The summed E-state index contributed by atoms with van der Waals surface area (Å²) in [6, 6.07) is 0. The van der Waals surface area contributed by atoms with Gasteiger partial charge < -0.3 is 0 Å². The number of hydrogen-bond donors (Lipinski definition) is 0. The van der Waals surface area contributed by atoms with Gasteiger partial charge >= 0.3 is 0 Å². The van der Waals surface area contributed by atoms with E-state index in [2.05, 4.69) is 41.5 Å². The minimum Gasteiger partial charge on any atom is -0.0654 e. The van der Waals surface area contributed by atoms with Gasteiger partial charge in [0.15, 0.2) is 0 Å². The first-order valence-corrected chi connectivity index (χ1v) is 15.1. The lowest BCUT2D eigenvalue weighted by atomic mass is 9.65. The number of unbranched alkanes of at least 4 members (excludes halogenated alkanes) is 10. The molecule has 0 fully saturated rings. The maximum absolute atomic E-state index is 2.47. The van der Waals surface area contributed by atoms with Gasteiger partial charge in [0.05, 0.1) is 0 Å². The molecule has 2 atom stereocenters. The zero-order chi connectivity index (χ0) is 23.2. The van der Waals surface area contributed by atoms with E-state index in [4.69, 9.17) is 0 Å². The summed E-state index contributed by atoms with van der Waals surface area (Å²) in [5, 5.41) is 0. The Balaban J connectivity index is 5.23. The molecule has 0 aromatic rings. The molecule has 0 aliphatic rings. The van der Waals surface area contributed by atoms with E-state index < -0.39 is 0 Å². The Kier molecular flexibility index (Phi) is 21.8. The molecule has 188 valence electrons. The van der Waals surface area contributed by atoms with Gasteiger partial charge in [-0.25, -0.2) is 0 Å². The van der Waals surface area contributed by atoms with Crippen LogP contribution in [0.2, 0.25) is 0 Å². The molecule has 0 amide bonds. The average Bonchev–Trinajstić information content (AvgIpc) is 2.78. The van der Waals surface area contributed by atoms with Crippen molar-refractivity contribution in [1.29, 1.82) is 0 Å². The fourth-order valence-corrected chi connectivity index (χ4v) is 5.94. The van der Waals surface area contributed by atoms with Crippen molar-refractivity contribution in [2.75, 3.05) is 0 Å². The van der Waals surface area contributed by atoms with Crippen molar-refractivity contribution < 1.29 is 0 Å². The maximum Gasteiger partial charge on any atom is -0.0292 e. The first-order valence-electron chi connectivity index (χ1n) is 15.1. The highest BCUT2D eigenvalue weighted by molar-refractivity contribution is 4.85. The van der Waals surface area contributed by atoms with Crippen LogP contribution in [0.5, 0.6) is 0 Å². The molecule has 0 spiro atoms. The highest BCUT2D eigenvalue weighted by atomic mass is 14.4. The van der Waals surface area contributed by atoms with E-state index in [9.17, 15) is 0 Å². The predicted molar refractivity (Wildman–Crippen MR) is 145 cm³/mol. The SMILES string of the molecule is CCCCCCCCCC(CCCCC)(CC(CC)CCCC)CC(CC)CCCC. The van der Waals surface area contributed by atoms with Crippen molar-refractivity contribution in [3.8, 4) is 0 Å². The minimum absolute atomic E-state index is 0.640. The third-order valence-electron chi connectivity index (χ3n) is 8.15. The van der Waals surface area contributed by atoms with Gasteiger partial charge in [-0.3, -0.25) is 0 Å². The van der Waals surface area contributed by atoms with E-state index in [0.717, 1.165) is 11.8 Å². The molecular weight excluding hydrogens is 372 g/mol. The molecule has 31 heavy (non-hydrogen) atoms. The highest BCUT2D eigenvalue weighted by Gasteiger charge is 2.33. The Bertz CT molecular complexity index is 326. The molecule has 0 heteroatoms. The first-order chi connectivity index (χ1) is 15.1. The Morgan fingerprint density at radius 3 is 1.19 bits per heavy atom. The molecule has 0 N–H and O–H groups in total. The Hall–Kier alpha value is 0. The topological polar surface area (TPSA) is 0 Å². The summed E-state index contributed by atoms with van der Waals surface area (Å²) >= 11 is 0. The molecule has 0 bridgehead atoms. The van der Waals surface area contributed by atoms with Crippen molar-refractivity contribution in [2.24, 2.45) is 17.3 Å². The first kappa shape index (κ1) is 31.0. The van der Waals surface area contributed by atoms with Crippen molar-refractivity contribution in [2.45, 2.75) is 183 Å². The molecule has 0 saturated carbocycles. The molecule has 0 saturated heterocycles. The number of rotatable bonds is 24. The fraction of sp³-hybridized carbons (Fsp3) is 1.00. The zero-order valence-electron chi connectivity index (χ0n) is 23.2. The summed E-state index contributed by atoms with van der Waals surface area (Å²) in [4.78, 5) is 0. The van der Waals surface area contributed by atoms with Crippen LogP contribution in [-0.2, 0) is 0 Å². The number of hydrogen-bond acceptors (Lipinski definition) is 0. The van der Waals surface area contributed by atoms with Crippen molar-refractivity contribution in [3.63, 3.8) is 0 Å². The standard InChI is InChI=1S/C31H64/c1-7-13-17-18-19-20-22-26-31(25-21-14-8-2,27-29(11-5)23-15-9-3)28-30(12-6)24-16-10-4/h29-30H,7-28H2,1-6H3. The van der Waals surface area contributed by atoms with Crippen LogP contribution < -0.4 is 0 Å². The Morgan fingerprint density at radius 2 is 0.774 bits per heavy atom. The maximum atomic E-state index is 2.47. The summed E-state index contributed by atoms with van der Waals surface area (Å²) in [7, 11) is 0. The summed E-state index contributed by atoms with van der Waals surface area (Å²) in [5.41, 5.74) is 0.640. The van der Waals surface area contributed by atoms with Crippen LogP contribution >= 0.6 is 0 Å². The molecule has 0 heterocycles.